The number of nitrogens with two attached hydrogens (primary N) is 1. The van der Waals surface area contributed by atoms with Crippen molar-refractivity contribution in [3.05, 3.63) is 29.5 Å². The van der Waals surface area contributed by atoms with Gasteiger partial charge in [0, 0.05) is 5.56 Å². The van der Waals surface area contributed by atoms with E-state index in [1.807, 2.05) is 19.9 Å². The van der Waals surface area contributed by atoms with Gasteiger partial charge in [-0.05, 0) is 31.0 Å². The van der Waals surface area contributed by atoms with Gasteiger partial charge in [-0.1, -0.05) is 11.2 Å². The van der Waals surface area contributed by atoms with Crippen molar-refractivity contribution in [2.24, 2.45) is 0 Å². The molecule has 1 aromatic carbocycles. The van der Waals surface area contributed by atoms with Gasteiger partial charge in [0.25, 0.3) is 0 Å². The summed E-state index contributed by atoms with van der Waals surface area (Å²) in [6.45, 7) is 3.90. The molecule has 0 aliphatic rings. The number of hydrogen-bond acceptors (Lipinski definition) is 4. The Hall–Kier alpha value is -1.97. The van der Waals surface area contributed by atoms with Crippen molar-refractivity contribution >= 4 is 5.88 Å². The summed E-state index contributed by atoms with van der Waals surface area (Å²) in [5.74, 6) is 0.409. The van der Waals surface area contributed by atoms with E-state index in [0.717, 1.165) is 11.1 Å². The van der Waals surface area contributed by atoms with Gasteiger partial charge in [0.05, 0.1) is 11.8 Å². The van der Waals surface area contributed by atoms with Crippen LogP contribution in [-0.2, 0) is 0 Å². The van der Waals surface area contributed by atoms with Crippen molar-refractivity contribution in [1.82, 2.24) is 5.16 Å². The molecule has 0 radical (unpaired) electrons. The van der Waals surface area contributed by atoms with Gasteiger partial charge in [-0.15, -0.1) is 0 Å². The predicted octanol–water partition coefficient (Wildman–Crippen LogP) is 2.25. The second-order valence-electron chi connectivity index (χ2n) is 3.51. The molecule has 4 nitrogen and oxygen atoms in total. The van der Waals surface area contributed by atoms with Crippen molar-refractivity contribution in [2.45, 2.75) is 13.8 Å². The zero-order valence-corrected chi connectivity index (χ0v) is 8.61. The third-order valence-corrected chi connectivity index (χ3v) is 2.58. The van der Waals surface area contributed by atoms with E-state index in [4.69, 9.17) is 10.3 Å². The van der Waals surface area contributed by atoms with Crippen LogP contribution in [0.1, 0.15) is 11.1 Å². The summed E-state index contributed by atoms with van der Waals surface area (Å²) >= 11 is 0. The van der Waals surface area contributed by atoms with Gasteiger partial charge in [0.2, 0.25) is 5.88 Å². The van der Waals surface area contributed by atoms with E-state index in [2.05, 4.69) is 5.16 Å². The molecule has 2 rings (SSSR count). The molecule has 3 N–H and O–H groups in total. The Morgan fingerprint density at radius 2 is 2.07 bits per heavy atom. The molecule has 0 fully saturated rings. The highest BCUT2D eigenvalue weighted by Crippen LogP contribution is 2.36. The average molecular weight is 204 g/mol. The average Bonchev–Trinajstić information content (AvgIpc) is 2.60. The Bertz CT molecular complexity index is 503. The normalized spacial score (nSPS) is 10.5. The Labute approximate surface area is 87.3 Å². The number of anilines is 1. The van der Waals surface area contributed by atoms with Crippen molar-refractivity contribution < 1.29 is 9.63 Å². The lowest BCUT2D eigenvalue weighted by Gasteiger charge is -2.09. The van der Waals surface area contributed by atoms with Gasteiger partial charge in [-0.2, -0.15) is 0 Å². The first-order valence-corrected chi connectivity index (χ1v) is 4.61. The number of rotatable bonds is 1. The number of nitrogens with zero attached hydrogens (tertiary/aromatic N) is 1. The van der Waals surface area contributed by atoms with Crippen LogP contribution in [0.3, 0.4) is 0 Å². The molecule has 78 valence electrons. The summed E-state index contributed by atoms with van der Waals surface area (Å²) in [7, 11) is 0. The van der Waals surface area contributed by atoms with E-state index in [1.165, 1.54) is 6.20 Å². The van der Waals surface area contributed by atoms with Crippen molar-refractivity contribution in [3.8, 4) is 16.9 Å². The third kappa shape index (κ3) is 1.44. The highest BCUT2D eigenvalue weighted by Gasteiger charge is 2.15. The molecule has 0 saturated heterocycles. The van der Waals surface area contributed by atoms with Crippen LogP contribution >= 0.6 is 0 Å². The fraction of sp³-hybridized carbons (Fsp3) is 0.182. The number of nitrogen functional groups attached to an aromatic ring is 1. The molecule has 0 atom stereocenters. The van der Waals surface area contributed by atoms with E-state index in [1.54, 1.807) is 6.07 Å². The Morgan fingerprint density at radius 1 is 1.33 bits per heavy atom. The largest absolute Gasteiger partial charge is 0.507 e. The molecule has 0 aliphatic carbocycles. The number of benzene rings is 1. The van der Waals surface area contributed by atoms with Gasteiger partial charge >= 0.3 is 0 Å². The molecule has 2 aromatic rings. The number of hydrogen-bond donors (Lipinski definition) is 2. The zero-order valence-electron chi connectivity index (χ0n) is 8.61. The summed E-state index contributed by atoms with van der Waals surface area (Å²) in [4.78, 5) is 0. The van der Waals surface area contributed by atoms with Gasteiger partial charge < -0.3 is 15.4 Å². The number of aromatic nitrogens is 1. The van der Waals surface area contributed by atoms with Crippen LogP contribution in [0.15, 0.2) is 22.9 Å². The molecule has 4 heteroatoms. The van der Waals surface area contributed by atoms with E-state index in [0.29, 0.717) is 11.1 Å². The fourth-order valence-electron chi connectivity index (χ4n) is 1.58. The maximum absolute atomic E-state index is 9.79. The molecule has 1 aromatic heterocycles. The number of phenols is 1. The van der Waals surface area contributed by atoms with Crippen LogP contribution in [0.4, 0.5) is 5.88 Å². The smallest absolute Gasteiger partial charge is 0.230 e. The maximum Gasteiger partial charge on any atom is 0.230 e. The minimum Gasteiger partial charge on any atom is -0.507 e. The van der Waals surface area contributed by atoms with Crippen LogP contribution < -0.4 is 5.73 Å². The highest BCUT2D eigenvalue weighted by atomic mass is 16.5. The Morgan fingerprint density at radius 3 is 2.67 bits per heavy atom. The maximum atomic E-state index is 9.79. The van der Waals surface area contributed by atoms with Gasteiger partial charge in [0.15, 0.2) is 0 Å². The van der Waals surface area contributed by atoms with Gasteiger partial charge in [0.1, 0.15) is 5.75 Å². The molecular weight excluding hydrogens is 192 g/mol. The number of phenolic OH excluding ortho intramolecular Hbond substituents is 1. The summed E-state index contributed by atoms with van der Waals surface area (Å²) in [5.41, 5.74) is 9.01. The molecule has 0 saturated carbocycles. The molecule has 0 spiro atoms. The first-order valence-electron chi connectivity index (χ1n) is 4.61. The molecule has 0 amide bonds. The lowest BCUT2D eigenvalue weighted by atomic mass is 9.98. The quantitative estimate of drug-likeness (QED) is 0.747. The molecule has 0 unspecified atom stereocenters. The second-order valence-corrected chi connectivity index (χ2v) is 3.51. The SMILES string of the molecule is Cc1ccc(O)c(-c2cnoc2N)c1C. The highest BCUT2D eigenvalue weighted by molar-refractivity contribution is 5.80. The molecular formula is C11H12N2O2. The number of aryl methyl sites for hydroxylation is 1. The third-order valence-electron chi connectivity index (χ3n) is 2.58. The van der Waals surface area contributed by atoms with Crippen molar-refractivity contribution in [1.29, 1.82) is 0 Å². The fourth-order valence-corrected chi connectivity index (χ4v) is 1.58. The summed E-state index contributed by atoms with van der Waals surface area (Å²) in [5, 5.41) is 13.4. The second kappa shape index (κ2) is 3.31. The molecule has 0 bridgehead atoms. The van der Waals surface area contributed by atoms with Crippen molar-refractivity contribution in [2.75, 3.05) is 5.73 Å². The summed E-state index contributed by atoms with van der Waals surface area (Å²) in [6.07, 6.45) is 1.51. The van der Waals surface area contributed by atoms with Crippen LogP contribution in [-0.4, -0.2) is 10.3 Å². The molecule has 1 heterocycles. The van der Waals surface area contributed by atoms with E-state index < -0.39 is 0 Å². The zero-order chi connectivity index (χ0) is 11.0. The monoisotopic (exact) mass is 204 g/mol. The van der Waals surface area contributed by atoms with Crippen molar-refractivity contribution in [3.63, 3.8) is 0 Å². The first-order chi connectivity index (χ1) is 7.11. The van der Waals surface area contributed by atoms with Crippen LogP contribution in [0.25, 0.3) is 11.1 Å². The van der Waals surface area contributed by atoms with Gasteiger partial charge in [-0.25, -0.2) is 0 Å². The van der Waals surface area contributed by atoms with E-state index >= 15 is 0 Å². The first kappa shape index (κ1) is 9.58. The lowest BCUT2D eigenvalue weighted by molar-refractivity contribution is 0.436. The Balaban J connectivity index is 2.72. The topological polar surface area (TPSA) is 72.3 Å². The summed E-state index contributed by atoms with van der Waals surface area (Å²) in [6, 6.07) is 3.50. The van der Waals surface area contributed by atoms with Crippen LogP contribution in [0.2, 0.25) is 0 Å². The summed E-state index contributed by atoms with van der Waals surface area (Å²) < 4.78 is 4.79. The molecule has 15 heavy (non-hydrogen) atoms. The van der Waals surface area contributed by atoms with E-state index in [-0.39, 0.29) is 11.6 Å². The van der Waals surface area contributed by atoms with E-state index in [9.17, 15) is 5.11 Å². The standard InChI is InChI=1S/C11H12N2O2/c1-6-3-4-9(14)10(7(6)2)8-5-13-15-11(8)12/h3-5,14H,12H2,1-2H3. The molecule has 0 aliphatic heterocycles. The van der Waals surface area contributed by atoms with Crippen LogP contribution in [0.5, 0.6) is 5.75 Å². The Kier molecular flexibility index (Phi) is 2.11. The minimum absolute atomic E-state index is 0.188. The van der Waals surface area contributed by atoms with Crippen LogP contribution in [0, 0.1) is 13.8 Å². The van der Waals surface area contributed by atoms with Gasteiger partial charge in [-0.3, -0.25) is 0 Å². The lowest BCUT2D eigenvalue weighted by Crippen LogP contribution is -1.90. The number of aromatic hydroxyl groups is 1. The minimum atomic E-state index is 0.188. The predicted molar refractivity (Wildman–Crippen MR) is 57.5 cm³/mol.